The van der Waals surface area contributed by atoms with E-state index in [9.17, 15) is 14.7 Å². The Balaban J connectivity index is 1.94. The molecule has 21 heavy (non-hydrogen) atoms. The van der Waals surface area contributed by atoms with Crippen molar-refractivity contribution >= 4 is 35.5 Å². The molecule has 0 bridgehead atoms. The molecule has 0 saturated carbocycles. The van der Waals surface area contributed by atoms with Crippen LogP contribution < -0.4 is 5.32 Å². The summed E-state index contributed by atoms with van der Waals surface area (Å²) >= 11 is 3.53. The van der Waals surface area contributed by atoms with E-state index in [0.717, 1.165) is 24.3 Å². The first-order valence-electron chi connectivity index (χ1n) is 7.49. The summed E-state index contributed by atoms with van der Waals surface area (Å²) in [4.78, 5) is 25.3. The second kappa shape index (κ2) is 7.63. The maximum Gasteiger partial charge on any atom is 0.327 e. The van der Waals surface area contributed by atoms with Crippen LogP contribution >= 0.6 is 23.5 Å². The van der Waals surface area contributed by atoms with Gasteiger partial charge in [-0.3, -0.25) is 4.90 Å². The van der Waals surface area contributed by atoms with E-state index in [-0.39, 0.29) is 17.3 Å². The molecule has 2 unspecified atom stereocenters. The SMILES string of the molecule is CC(C)C1SCC(C(=O)O)N1C(=O)NCC1CCSCC1. The molecular formula is C14H24N2O3S2. The van der Waals surface area contributed by atoms with Gasteiger partial charge in [0.1, 0.15) is 6.04 Å². The molecule has 0 aromatic heterocycles. The van der Waals surface area contributed by atoms with Gasteiger partial charge in [0.25, 0.3) is 0 Å². The Labute approximate surface area is 134 Å². The summed E-state index contributed by atoms with van der Waals surface area (Å²) in [7, 11) is 0. The zero-order valence-electron chi connectivity index (χ0n) is 12.6. The van der Waals surface area contributed by atoms with Gasteiger partial charge in [-0.1, -0.05) is 13.8 Å². The number of carboxylic acids is 1. The lowest BCUT2D eigenvalue weighted by Gasteiger charge is -2.31. The molecule has 2 fully saturated rings. The summed E-state index contributed by atoms with van der Waals surface area (Å²) in [5.41, 5.74) is 0. The highest BCUT2D eigenvalue weighted by atomic mass is 32.2. The number of aliphatic carboxylic acids is 1. The van der Waals surface area contributed by atoms with E-state index >= 15 is 0 Å². The average molecular weight is 332 g/mol. The number of carbonyl (C=O) groups is 2. The molecular weight excluding hydrogens is 308 g/mol. The second-order valence-electron chi connectivity index (χ2n) is 5.97. The number of thioether (sulfide) groups is 2. The molecule has 2 amide bonds. The molecule has 120 valence electrons. The zero-order chi connectivity index (χ0) is 15.4. The van der Waals surface area contributed by atoms with Gasteiger partial charge < -0.3 is 10.4 Å². The number of carboxylic acid groups (broad SMARTS) is 1. The maximum absolute atomic E-state index is 12.5. The summed E-state index contributed by atoms with van der Waals surface area (Å²) < 4.78 is 0. The fourth-order valence-corrected chi connectivity index (χ4v) is 5.44. The second-order valence-corrected chi connectivity index (χ2v) is 8.35. The average Bonchev–Trinajstić information content (AvgIpc) is 2.91. The van der Waals surface area contributed by atoms with Gasteiger partial charge in [-0.2, -0.15) is 11.8 Å². The van der Waals surface area contributed by atoms with Crippen molar-refractivity contribution in [2.24, 2.45) is 11.8 Å². The number of nitrogens with one attached hydrogen (secondary N) is 1. The predicted molar refractivity (Wildman–Crippen MR) is 87.8 cm³/mol. The van der Waals surface area contributed by atoms with E-state index in [0.29, 0.717) is 18.2 Å². The van der Waals surface area contributed by atoms with E-state index in [1.807, 2.05) is 25.6 Å². The molecule has 0 spiro atoms. The zero-order valence-corrected chi connectivity index (χ0v) is 14.2. The molecule has 2 rings (SSSR count). The van der Waals surface area contributed by atoms with Gasteiger partial charge in [0.05, 0.1) is 5.37 Å². The molecule has 0 aromatic carbocycles. The molecule has 2 saturated heterocycles. The van der Waals surface area contributed by atoms with E-state index in [1.165, 1.54) is 4.90 Å². The van der Waals surface area contributed by atoms with Gasteiger partial charge in [-0.15, -0.1) is 11.8 Å². The van der Waals surface area contributed by atoms with Crippen molar-refractivity contribution in [3.63, 3.8) is 0 Å². The number of rotatable bonds is 4. The van der Waals surface area contributed by atoms with Gasteiger partial charge in [0.2, 0.25) is 0 Å². The first kappa shape index (κ1) is 16.8. The Morgan fingerprint density at radius 2 is 2.00 bits per heavy atom. The van der Waals surface area contributed by atoms with Gasteiger partial charge in [0.15, 0.2) is 0 Å². The van der Waals surface area contributed by atoms with Gasteiger partial charge in [-0.25, -0.2) is 9.59 Å². The summed E-state index contributed by atoms with van der Waals surface area (Å²) in [6.45, 7) is 4.72. The highest BCUT2D eigenvalue weighted by molar-refractivity contribution is 8.00. The monoisotopic (exact) mass is 332 g/mol. The van der Waals surface area contributed by atoms with Crippen LogP contribution in [0.25, 0.3) is 0 Å². The number of nitrogens with zero attached hydrogens (tertiary/aromatic N) is 1. The minimum atomic E-state index is -0.908. The molecule has 5 nitrogen and oxygen atoms in total. The predicted octanol–water partition coefficient (Wildman–Crippen LogP) is 2.32. The molecule has 2 aliphatic rings. The van der Waals surface area contributed by atoms with Crippen molar-refractivity contribution in [3.05, 3.63) is 0 Å². The van der Waals surface area contributed by atoms with Gasteiger partial charge >= 0.3 is 12.0 Å². The summed E-state index contributed by atoms with van der Waals surface area (Å²) in [6, 6.07) is -0.923. The summed E-state index contributed by atoms with van der Waals surface area (Å²) in [5, 5.41) is 12.2. The lowest BCUT2D eigenvalue weighted by atomic mass is 10.0. The van der Waals surface area contributed by atoms with Crippen LogP contribution in [-0.4, -0.2) is 57.2 Å². The van der Waals surface area contributed by atoms with E-state index in [1.54, 1.807) is 11.8 Å². The van der Waals surface area contributed by atoms with Crippen LogP contribution in [0.15, 0.2) is 0 Å². The molecule has 7 heteroatoms. The van der Waals surface area contributed by atoms with Gasteiger partial charge in [0, 0.05) is 12.3 Å². The molecule has 2 heterocycles. The number of urea groups is 1. The number of hydrogen-bond acceptors (Lipinski definition) is 4. The van der Waals surface area contributed by atoms with Gasteiger partial charge in [-0.05, 0) is 36.2 Å². The van der Waals surface area contributed by atoms with Crippen molar-refractivity contribution in [2.75, 3.05) is 23.8 Å². The molecule has 0 aliphatic carbocycles. The molecule has 2 atom stereocenters. The smallest absolute Gasteiger partial charge is 0.327 e. The van der Waals surface area contributed by atoms with Crippen molar-refractivity contribution in [1.82, 2.24) is 10.2 Å². The minimum absolute atomic E-state index is 0.0481. The number of carbonyl (C=O) groups excluding carboxylic acids is 1. The van der Waals surface area contributed by atoms with Crippen LogP contribution in [0.5, 0.6) is 0 Å². The van der Waals surface area contributed by atoms with Crippen LogP contribution in [0.4, 0.5) is 4.79 Å². The molecule has 0 aromatic rings. The first-order valence-corrected chi connectivity index (χ1v) is 9.69. The summed E-state index contributed by atoms with van der Waals surface area (Å²) in [5.74, 6) is 2.67. The van der Waals surface area contributed by atoms with Crippen LogP contribution in [0, 0.1) is 11.8 Å². The van der Waals surface area contributed by atoms with Crippen LogP contribution in [0.3, 0.4) is 0 Å². The maximum atomic E-state index is 12.5. The normalized spacial score (nSPS) is 27.1. The Morgan fingerprint density at radius 1 is 1.33 bits per heavy atom. The first-order chi connectivity index (χ1) is 10.0. The van der Waals surface area contributed by atoms with E-state index in [2.05, 4.69) is 5.32 Å². The van der Waals surface area contributed by atoms with Crippen molar-refractivity contribution in [1.29, 1.82) is 0 Å². The van der Waals surface area contributed by atoms with Crippen molar-refractivity contribution in [3.8, 4) is 0 Å². The Kier molecular flexibility index (Phi) is 6.10. The lowest BCUT2D eigenvalue weighted by molar-refractivity contribution is -0.141. The third-order valence-electron chi connectivity index (χ3n) is 4.01. The topological polar surface area (TPSA) is 69.6 Å². The fraction of sp³-hybridized carbons (Fsp3) is 0.857. The Morgan fingerprint density at radius 3 is 2.57 bits per heavy atom. The standard InChI is InChI=1S/C14H24N2O3S2/c1-9(2)12-16(11(8-21-12)13(17)18)14(19)15-7-10-3-5-20-6-4-10/h9-12H,3-8H2,1-2H3,(H,15,19)(H,17,18). The quantitative estimate of drug-likeness (QED) is 0.827. The Bertz CT molecular complexity index is 386. The third kappa shape index (κ3) is 4.22. The molecule has 2 aliphatic heterocycles. The number of hydrogen-bond donors (Lipinski definition) is 2. The van der Waals surface area contributed by atoms with Crippen LogP contribution in [0.1, 0.15) is 26.7 Å². The molecule has 0 radical (unpaired) electrons. The number of amides is 2. The highest BCUT2D eigenvalue weighted by Gasteiger charge is 2.42. The highest BCUT2D eigenvalue weighted by Crippen LogP contribution is 2.34. The molecule has 2 N–H and O–H groups in total. The largest absolute Gasteiger partial charge is 0.480 e. The van der Waals surface area contributed by atoms with Crippen molar-refractivity contribution < 1.29 is 14.7 Å². The van der Waals surface area contributed by atoms with E-state index in [4.69, 9.17) is 0 Å². The van der Waals surface area contributed by atoms with Crippen LogP contribution in [-0.2, 0) is 4.79 Å². The fourth-order valence-electron chi connectivity index (χ4n) is 2.76. The van der Waals surface area contributed by atoms with E-state index < -0.39 is 12.0 Å². The lowest BCUT2D eigenvalue weighted by Crippen LogP contribution is -2.52. The van der Waals surface area contributed by atoms with Crippen molar-refractivity contribution in [2.45, 2.75) is 38.1 Å². The summed E-state index contributed by atoms with van der Waals surface area (Å²) in [6.07, 6.45) is 2.27. The minimum Gasteiger partial charge on any atom is -0.480 e. The third-order valence-corrected chi connectivity index (χ3v) is 6.68. The Hall–Kier alpha value is -0.560. The van der Waals surface area contributed by atoms with Crippen LogP contribution in [0.2, 0.25) is 0 Å².